The van der Waals surface area contributed by atoms with Crippen LogP contribution in [0.2, 0.25) is 0 Å². The summed E-state index contributed by atoms with van der Waals surface area (Å²) in [5, 5.41) is 2.99. The van der Waals surface area contributed by atoms with Gasteiger partial charge in [0.15, 0.2) is 0 Å². The monoisotopic (exact) mass is 283 g/mol. The minimum absolute atomic E-state index is 0.0515. The molecule has 2 nitrogen and oxygen atoms in total. The third-order valence-corrected chi connectivity index (χ3v) is 4.05. The van der Waals surface area contributed by atoms with Crippen LogP contribution in [0.4, 0.5) is 4.39 Å². The Labute approximate surface area is 124 Å². The average Bonchev–Trinajstić information content (AvgIpc) is 2.93. The van der Waals surface area contributed by atoms with E-state index in [0.29, 0.717) is 6.54 Å². The van der Waals surface area contributed by atoms with Gasteiger partial charge in [-0.2, -0.15) is 0 Å². The first kappa shape index (κ1) is 13.8. The number of halogens is 1. The molecule has 1 aliphatic rings. The quantitative estimate of drug-likeness (QED) is 0.918. The first-order valence-corrected chi connectivity index (χ1v) is 7.31. The number of rotatable bonds is 4. The second-order valence-corrected chi connectivity index (χ2v) is 5.54. The normalized spacial score (nSPS) is 14.0. The molecule has 1 amide bonds. The molecule has 0 aromatic heterocycles. The second-order valence-electron chi connectivity index (χ2n) is 5.54. The van der Waals surface area contributed by atoms with Gasteiger partial charge in [-0.25, -0.2) is 4.39 Å². The van der Waals surface area contributed by atoms with E-state index in [0.717, 1.165) is 24.8 Å². The van der Waals surface area contributed by atoms with E-state index in [1.54, 1.807) is 12.1 Å². The molecule has 0 fully saturated rings. The maximum atomic E-state index is 12.8. The third kappa shape index (κ3) is 3.30. The number of benzene rings is 2. The van der Waals surface area contributed by atoms with Gasteiger partial charge in [0.2, 0.25) is 5.91 Å². The van der Waals surface area contributed by atoms with E-state index < -0.39 is 0 Å². The number of hydrogen-bond acceptors (Lipinski definition) is 1. The molecule has 0 aliphatic heterocycles. The molecule has 2 aromatic rings. The molecule has 1 aliphatic carbocycles. The Kier molecular flexibility index (Phi) is 4.00. The van der Waals surface area contributed by atoms with Gasteiger partial charge in [0, 0.05) is 12.5 Å². The molecule has 0 bridgehead atoms. The molecule has 3 heteroatoms. The van der Waals surface area contributed by atoms with Gasteiger partial charge in [0.05, 0.1) is 0 Å². The van der Waals surface area contributed by atoms with Gasteiger partial charge in [-0.1, -0.05) is 36.4 Å². The third-order valence-electron chi connectivity index (χ3n) is 4.05. The molecule has 21 heavy (non-hydrogen) atoms. The summed E-state index contributed by atoms with van der Waals surface area (Å²) in [7, 11) is 0. The average molecular weight is 283 g/mol. The predicted octanol–water partition coefficient (Wildman–Crippen LogP) is 2.90. The summed E-state index contributed by atoms with van der Waals surface area (Å²) in [4.78, 5) is 12.2. The zero-order valence-electron chi connectivity index (χ0n) is 11.8. The molecular formula is C18H18FNO. The van der Waals surface area contributed by atoms with Crippen molar-refractivity contribution < 1.29 is 9.18 Å². The Bertz CT molecular complexity index is 611. The van der Waals surface area contributed by atoms with Crippen LogP contribution in [0.3, 0.4) is 0 Å². The molecule has 0 spiro atoms. The number of carbonyl (C=O) groups is 1. The van der Waals surface area contributed by atoms with Crippen LogP contribution in [-0.2, 0) is 24.1 Å². The SMILES string of the molecule is O=C(NCCc1ccc(F)cc1)C1Cc2ccccc2C1. The zero-order valence-corrected chi connectivity index (χ0v) is 11.8. The molecule has 3 rings (SSSR count). The van der Waals surface area contributed by atoms with E-state index in [9.17, 15) is 9.18 Å². The summed E-state index contributed by atoms with van der Waals surface area (Å²) in [6.45, 7) is 0.595. The van der Waals surface area contributed by atoms with Crippen LogP contribution in [0.15, 0.2) is 48.5 Å². The van der Waals surface area contributed by atoms with Crippen molar-refractivity contribution >= 4 is 5.91 Å². The van der Waals surface area contributed by atoms with Crippen molar-refractivity contribution in [1.29, 1.82) is 0 Å². The van der Waals surface area contributed by atoms with Crippen molar-refractivity contribution in [3.05, 3.63) is 71.0 Å². The number of hydrogen-bond donors (Lipinski definition) is 1. The Morgan fingerprint density at radius 2 is 1.67 bits per heavy atom. The van der Waals surface area contributed by atoms with Gasteiger partial charge in [-0.05, 0) is 48.1 Å². The Hall–Kier alpha value is -2.16. The standard InChI is InChI=1S/C18H18FNO/c19-17-7-5-13(6-8-17)9-10-20-18(21)16-11-14-3-1-2-4-15(14)12-16/h1-8,16H,9-12H2,(H,20,21). The van der Waals surface area contributed by atoms with Crippen molar-refractivity contribution in [1.82, 2.24) is 5.32 Å². The summed E-state index contributed by atoms with van der Waals surface area (Å²) in [5.74, 6) is -0.0598. The lowest BCUT2D eigenvalue weighted by molar-refractivity contribution is -0.124. The van der Waals surface area contributed by atoms with Crippen molar-refractivity contribution in [2.75, 3.05) is 6.54 Å². The first-order chi connectivity index (χ1) is 10.2. The molecular weight excluding hydrogens is 265 g/mol. The highest BCUT2D eigenvalue weighted by Crippen LogP contribution is 2.26. The minimum atomic E-state index is -0.230. The summed E-state index contributed by atoms with van der Waals surface area (Å²) in [6.07, 6.45) is 2.39. The second kappa shape index (κ2) is 6.08. The fourth-order valence-corrected chi connectivity index (χ4v) is 2.87. The van der Waals surface area contributed by atoms with Crippen LogP contribution < -0.4 is 5.32 Å². The highest BCUT2D eigenvalue weighted by Gasteiger charge is 2.26. The van der Waals surface area contributed by atoms with E-state index in [4.69, 9.17) is 0 Å². The maximum Gasteiger partial charge on any atom is 0.223 e. The van der Waals surface area contributed by atoms with Gasteiger partial charge in [0.25, 0.3) is 0 Å². The molecule has 0 unspecified atom stereocenters. The van der Waals surface area contributed by atoms with Crippen molar-refractivity contribution in [2.45, 2.75) is 19.3 Å². The first-order valence-electron chi connectivity index (χ1n) is 7.31. The Morgan fingerprint density at radius 3 is 2.29 bits per heavy atom. The molecule has 0 atom stereocenters. The molecule has 0 saturated heterocycles. The van der Waals surface area contributed by atoms with E-state index in [1.807, 2.05) is 12.1 Å². The number of amides is 1. The smallest absolute Gasteiger partial charge is 0.223 e. The number of carbonyl (C=O) groups excluding carboxylic acids is 1. The van der Waals surface area contributed by atoms with Gasteiger partial charge in [-0.15, -0.1) is 0 Å². The van der Waals surface area contributed by atoms with Crippen molar-refractivity contribution in [3.63, 3.8) is 0 Å². The molecule has 0 saturated carbocycles. The summed E-state index contributed by atoms with van der Waals surface area (Å²) < 4.78 is 12.8. The topological polar surface area (TPSA) is 29.1 Å². The fraction of sp³-hybridized carbons (Fsp3) is 0.278. The minimum Gasteiger partial charge on any atom is -0.356 e. The van der Waals surface area contributed by atoms with Gasteiger partial charge in [-0.3, -0.25) is 4.79 Å². The number of fused-ring (bicyclic) bond motifs is 1. The lowest BCUT2D eigenvalue weighted by atomic mass is 10.1. The highest BCUT2D eigenvalue weighted by molar-refractivity contribution is 5.80. The van der Waals surface area contributed by atoms with E-state index in [2.05, 4.69) is 17.4 Å². The van der Waals surface area contributed by atoms with Crippen molar-refractivity contribution in [3.8, 4) is 0 Å². The van der Waals surface area contributed by atoms with Crippen LogP contribution in [-0.4, -0.2) is 12.5 Å². The fourth-order valence-electron chi connectivity index (χ4n) is 2.87. The molecule has 0 radical (unpaired) electrons. The summed E-state index contributed by atoms with van der Waals surface area (Å²) in [6, 6.07) is 14.7. The van der Waals surface area contributed by atoms with Gasteiger partial charge < -0.3 is 5.32 Å². The van der Waals surface area contributed by atoms with Crippen LogP contribution in [0.5, 0.6) is 0 Å². The Morgan fingerprint density at radius 1 is 1.05 bits per heavy atom. The van der Waals surface area contributed by atoms with E-state index in [-0.39, 0.29) is 17.6 Å². The molecule has 0 heterocycles. The molecule has 1 N–H and O–H groups in total. The highest BCUT2D eigenvalue weighted by atomic mass is 19.1. The molecule has 2 aromatic carbocycles. The lowest BCUT2D eigenvalue weighted by Gasteiger charge is -2.10. The predicted molar refractivity (Wildman–Crippen MR) is 80.5 cm³/mol. The van der Waals surface area contributed by atoms with E-state index in [1.165, 1.54) is 23.3 Å². The largest absolute Gasteiger partial charge is 0.356 e. The Balaban J connectivity index is 1.48. The number of nitrogens with one attached hydrogen (secondary N) is 1. The van der Waals surface area contributed by atoms with Crippen LogP contribution in [0.25, 0.3) is 0 Å². The van der Waals surface area contributed by atoms with Crippen LogP contribution in [0.1, 0.15) is 16.7 Å². The zero-order chi connectivity index (χ0) is 14.7. The molecule has 108 valence electrons. The summed E-state index contributed by atoms with van der Waals surface area (Å²) >= 11 is 0. The van der Waals surface area contributed by atoms with Crippen LogP contribution in [0, 0.1) is 11.7 Å². The maximum absolute atomic E-state index is 12.8. The van der Waals surface area contributed by atoms with Crippen molar-refractivity contribution in [2.24, 2.45) is 5.92 Å². The van der Waals surface area contributed by atoms with E-state index >= 15 is 0 Å². The van der Waals surface area contributed by atoms with Gasteiger partial charge in [0.1, 0.15) is 5.82 Å². The summed E-state index contributed by atoms with van der Waals surface area (Å²) in [5.41, 5.74) is 3.61. The van der Waals surface area contributed by atoms with Gasteiger partial charge >= 0.3 is 0 Å². The lowest BCUT2D eigenvalue weighted by Crippen LogP contribution is -2.32. The van der Waals surface area contributed by atoms with Crippen LogP contribution >= 0.6 is 0 Å².